The highest BCUT2D eigenvalue weighted by Gasteiger charge is 2.19. The van der Waals surface area contributed by atoms with Gasteiger partial charge < -0.3 is 14.5 Å². The van der Waals surface area contributed by atoms with Crippen molar-refractivity contribution in [1.29, 1.82) is 0 Å². The molecular formula is C22H25N5O. The van der Waals surface area contributed by atoms with Crippen LogP contribution in [-0.4, -0.2) is 40.7 Å². The van der Waals surface area contributed by atoms with Crippen molar-refractivity contribution in [2.45, 2.75) is 20.4 Å². The van der Waals surface area contributed by atoms with E-state index in [1.54, 1.807) is 7.11 Å². The van der Waals surface area contributed by atoms with Gasteiger partial charge in [-0.1, -0.05) is 41.1 Å². The summed E-state index contributed by atoms with van der Waals surface area (Å²) in [4.78, 5) is 4.39. The van der Waals surface area contributed by atoms with Crippen LogP contribution in [0.15, 0.2) is 60.6 Å². The maximum Gasteiger partial charge on any atom is 0.143 e. The molecule has 6 heteroatoms. The molecule has 0 amide bonds. The number of methoxy groups -OCH3 is 1. The minimum Gasteiger partial charge on any atom is -0.495 e. The molecule has 0 atom stereocenters. The first-order valence-electron chi connectivity index (χ1n) is 9.34. The van der Waals surface area contributed by atoms with E-state index in [0.717, 1.165) is 29.4 Å². The van der Waals surface area contributed by atoms with E-state index in [0.29, 0.717) is 6.54 Å². The Bertz CT molecular complexity index is 1020. The minimum absolute atomic E-state index is 0.702. The molecule has 3 aromatic rings. The van der Waals surface area contributed by atoms with Gasteiger partial charge in [0.05, 0.1) is 32.2 Å². The molecule has 4 rings (SSSR count). The summed E-state index contributed by atoms with van der Waals surface area (Å²) in [6.45, 7) is 5.72. The van der Waals surface area contributed by atoms with E-state index in [9.17, 15) is 0 Å². The predicted octanol–water partition coefficient (Wildman–Crippen LogP) is 3.88. The number of nitrogens with zero attached hydrogens (tertiary/aromatic N) is 5. The second-order valence-electron chi connectivity index (χ2n) is 7.26. The average Bonchev–Trinajstić information content (AvgIpc) is 3.28. The minimum atomic E-state index is 0.702. The maximum atomic E-state index is 5.66. The summed E-state index contributed by atoms with van der Waals surface area (Å²) in [5.74, 6) is 0.824. The monoisotopic (exact) mass is 375 g/mol. The summed E-state index contributed by atoms with van der Waals surface area (Å²) in [5, 5.41) is 8.65. The fourth-order valence-electron chi connectivity index (χ4n) is 3.43. The molecule has 0 saturated heterocycles. The van der Waals surface area contributed by atoms with Gasteiger partial charge in [0.1, 0.15) is 11.4 Å². The van der Waals surface area contributed by atoms with Crippen LogP contribution in [0.2, 0.25) is 0 Å². The van der Waals surface area contributed by atoms with Gasteiger partial charge in [-0.05, 0) is 31.5 Å². The van der Waals surface area contributed by atoms with Gasteiger partial charge in [0, 0.05) is 24.5 Å². The van der Waals surface area contributed by atoms with Gasteiger partial charge in [0.15, 0.2) is 0 Å². The van der Waals surface area contributed by atoms with E-state index in [4.69, 9.17) is 4.74 Å². The fraction of sp³-hybridized carbons (Fsp3) is 0.273. The quantitative estimate of drug-likeness (QED) is 0.677. The van der Waals surface area contributed by atoms with Crippen molar-refractivity contribution in [2.75, 3.05) is 25.7 Å². The van der Waals surface area contributed by atoms with Gasteiger partial charge in [-0.3, -0.25) is 0 Å². The smallest absolute Gasteiger partial charge is 0.143 e. The molecular weight excluding hydrogens is 350 g/mol. The topological polar surface area (TPSA) is 46.4 Å². The summed E-state index contributed by atoms with van der Waals surface area (Å²) in [6.07, 6.45) is 4.11. The number of aromatic nitrogens is 3. The lowest BCUT2D eigenvalue weighted by Gasteiger charge is -2.21. The highest BCUT2D eigenvalue weighted by molar-refractivity contribution is 5.70. The molecule has 28 heavy (non-hydrogen) atoms. The summed E-state index contributed by atoms with van der Waals surface area (Å²) in [5.41, 5.74) is 6.55. The molecule has 1 aliphatic rings. The number of allylic oxidation sites excluding steroid dienone is 1. The Hall–Kier alpha value is -3.28. The molecule has 0 saturated carbocycles. The van der Waals surface area contributed by atoms with Crippen LogP contribution in [0.5, 0.6) is 5.75 Å². The number of aryl methyl sites for hydroxylation is 1. The Balaban J connectivity index is 1.57. The zero-order valence-corrected chi connectivity index (χ0v) is 16.8. The van der Waals surface area contributed by atoms with Crippen molar-refractivity contribution in [3.63, 3.8) is 0 Å². The molecule has 0 radical (unpaired) electrons. The molecule has 0 aliphatic carbocycles. The van der Waals surface area contributed by atoms with Crippen LogP contribution in [0.25, 0.3) is 11.3 Å². The standard InChI is InChI=1S/C22H25N5O/c1-16-6-5-7-18(10-16)13-27-14-20(23-24-27)19-8-9-21(22(11-19)28-4)26-12-17(2)25(3)15-26/h5-12,14H,13,15H2,1-4H3. The zero-order chi connectivity index (χ0) is 19.7. The lowest BCUT2D eigenvalue weighted by atomic mass is 10.1. The second-order valence-corrected chi connectivity index (χ2v) is 7.26. The van der Waals surface area contributed by atoms with Gasteiger partial charge in [0.25, 0.3) is 0 Å². The second kappa shape index (κ2) is 7.38. The number of ether oxygens (including phenoxy) is 1. The van der Waals surface area contributed by atoms with E-state index in [1.165, 1.54) is 16.8 Å². The van der Waals surface area contributed by atoms with E-state index in [1.807, 2.05) is 16.9 Å². The molecule has 2 heterocycles. The number of hydrogen-bond acceptors (Lipinski definition) is 5. The molecule has 1 aromatic heterocycles. The fourth-order valence-corrected chi connectivity index (χ4v) is 3.43. The number of anilines is 1. The van der Waals surface area contributed by atoms with Crippen molar-refractivity contribution in [3.8, 4) is 17.0 Å². The average molecular weight is 375 g/mol. The third-order valence-electron chi connectivity index (χ3n) is 5.06. The van der Waals surface area contributed by atoms with Crippen LogP contribution >= 0.6 is 0 Å². The van der Waals surface area contributed by atoms with Crippen molar-refractivity contribution in [3.05, 3.63) is 71.7 Å². The van der Waals surface area contributed by atoms with Gasteiger partial charge in [0.2, 0.25) is 0 Å². The van der Waals surface area contributed by atoms with Gasteiger partial charge in [-0.2, -0.15) is 0 Å². The Labute approximate surface area is 165 Å². The SMILES string of the molecule is COc1cc(-c2cn(Cc3cccc(C)c3)nn2)ccc1N1C=C(C)N(C)C1. The first-order valence-corrected chi connectivity index (χ1v) is 9.34. The van der Waals surface area contributed by atoms with Gasteiger partial charge in [-0.15, -0.1) is 5.10 Å². The van der Waals surface area contributed by atoms with Crippen LogP contribution in [0.1, 0.15) is 18.1 Å². The third kappa shape index (κ3) is 3.58. The maximum absolute atomic E-state index is 5.66. The van der Waals surface area contributed by atoms with E-state index in [2.05, 4.69) is 83.6 Å². The van der Waals surface area contributed by atoms with E-state index >= 15 is 0 Å². The van der Waals surface area contributed by atoms with Crippen LogP contribution in [0, 0.1) is 6.92 Å². The predicted molar refractivity (Wildman–Crippen MR) is 111 cm³/mol. The summed E-state index contributed by atoms with van der Waals surface area (Å²) >= 11 is 0. The molecule has 144 valence electrons. The molecule has 6 nitrogen and oxygen atoms in total. The van der Waals surface area contributed by atoms with E-state index < -0.39 is 0 Å². The highest BCUT2D eigenvalue weighted by atomic mass is 16.5. The summed E-state index contributed by atoms with van der Waals surface area (Å²) in [6, 6.07) is 14.6. The van der Waals surface area contributed by atoms with Crippen molar-refractivity contribution in [1.82, 2.24) is 19.9 Å². The molecule has 1 aliphatic heterocycles. The van der Waals surface area contributed by atoms with Crippen LogP contribution < -0.4 is 9.64 Å². The highest BCUT2D eigenvalue weighted by Crippen LogP contribution is 2.35. The zero-order valence-electron chi connectivity index (χ0n) is 16.8. The first kappa shape index (κ1) is 18.1. The van der Waals surface area contributed by atoms with Crippen molar-refractivity contribution < 1.29 is 4.74 Å². The summed E-state index contributed by atoms with van der Waals surface area (Å²) in [7, 11) is 3.78. The lowest BCUT2D eigenvalue weighted by Crippen LogP contribution is -2.23. The Morgan fingerprint density at radius 2 is 1.96 bits per heavy atom. The molecule has 0 N–H and O–H groups in total. The number of benzene rings is 2. The number of rotatable bonds is 5. The molecule has 0 spiro atoms. The largest absolute Gasteiger partial charge is 0.495 e. The Kier molecular flexibility index (Phi) is 4.77. The van der Waals surface area contributed by atoms with Crippen molar-refractivity contribution in [2.24, 2.45) is 0 Å². The third-order valence-corrected chi connectivity index (χ3v) is 5.06. The molecule has 2 aromatic carbocycles. The first-order chi connectivity index (χ1) is 13.5. The van der Waals surface area contributed by atoms with Gasteiger partial charge in [-0.25, -0.2) is 4.68 Å². The van der Waals surface area contributed by atoms with Crippen LogP contribution in [0.4, 0.5) is 5.69 Å². The van der Waals surface area contributed by atoms with Crippen LogP contribution in [-0.2, 0) is 6.54 Å². The molecule has 0 bridgehead atoms. The number of hydrogen-bond donors (Lipinski definition) is 0. The lowest BCUT2D eigenvalue weighted by molar-refractivity contribution is 0.412. The summed E-state index contributed by atoms with van der Waals surface area (Å²) < 4.78 is 7.53. The van der Waals surface area contributed by atoms with Gasteiger partial charge >= 0.3 is 0 Å². The van der Waals surface area contributed by atoms with E-state index in [-0.39, 0.29) is 0 Å². The molecule has 0 unspecified atom stereocenters. The Morgan fingerprint density at radius 1 is 1.11 bits per heavy atom. The molecule has 0 fully saturated rings. The van der Waals surface area contributed by atoms with Crippen molar-refractivity contribution >= 4 is 5.69 Å². The van der Waals surface area contributed by atoms with Crippen LogP contribution in [0.3, 0.4) is 0 Å². The normalized spacial score (nSPS) is 13.8. The Morgan fingerprint density at radius 3 is 2.68 bits per heavy atom.